The van der Waals surface area contributed by atoms with Gasteiger partial charge in [-0.15, -0.1) is 0 Å². The summed E-state index contributed by atoms with van der Waals surface area (Å²) in [5.74, 6) is 0.355. The highest BCUT2D eigenvalue weighted by Gasteiger charge is 2.26. The fraction of sp³-hybridized carbons (Fsp3) is 0.769. The van der Waals surface area contributed by atoms with Crippen LogP contribution in [-0.2, 0) is 4.79 Å². The Bertz CT molecular complexity index is 233. The van der Waals surface area contributed by atoms with Crippen LogP contribution < -0.4 is 0 Å². The third-order valence-corrected chi connectivity index (χ3v) is 3.59. The third-order valence-electron chi connectivity index (χ3n) is 3.59. The molecule has 0 aromatic carbocycles. The smallest absolute Gasteiger partial charge is 0.310 e. The van der Waals surface area contributed by atoms with Gasteiger partial charge in [-0.05, 0) is 25.2 Å². The fourth-order valence-corrected chi connectivity index (χ4v) is 2.56. The Morgan fingerprint density at radius 2 is 2.13 bits per heavy atom. The minimum absolute atomic E-state index is 0.277. The molecule has 0 aromatic heterocycles. The van der Waals surface area contributed by atoms with Gasteiger partial charge in [-0.2, -0.15) is 0 Å². The van der Waals surface area contributed by atoms with Crippen molar-refractivity contribution < 1.29 is 9.90 Å². The zero-order valence-corrected chi connectivity index (χ0v) is 9.78. The van der Waals surface area contributed by atoms with Crippen LogP contribution in [-0.4, -0.2) is 11.1 Å². The molecule has 0 aliphatic heterocycles. The molecule has 15 heavy (non-hydrogen) atoms. The van der Waals surface area contributed by atoms with Crippen LogP contribution in [0.25, 0.3) is 0 Å². The molecule has 1 aliphatic rings. The standard InChI is InChI=1S/C13H22O2/c1-3-6-12(13(14)15)9-11-8-5-4-7-10(11)2/h3,6,10-12H,4-5,7-9H2,1-2H3,(H,14,15)/b6-3+/t10-,11+,12-/m0/s1. The highest BCUT2D eigenvalue weighted by molar-refractivity contribution is 5.72. The molecule has 0 aromatic rings. The second-order valence-corrected chi connectivity index (χ2v) is 4.73. The van der Waals surface area contributed by atoms with E-state index in [4.69, 9.17) is 5.11 Å². The van der Waals surface area contributed by atoms with Crippen LogP contribution >= 0.6 is 0 Å². The van der Waals surface area contributed by atoms with Crippen molar-refractivity contribution in [2.75, 3.05) is 0 Å². The zero-order chi connectivity index (χ0) is 11.3. The molecule has 1 fully saturated rings. The van der Waals surface area contributed by atoms with E-state index in [1.54, 1.807) is 0 Å². The van der Waals surface area contributed by atoms with E-state index in [1.165, 1.54) is 25.7 Å². The average molecular weight is 210 g/mol. The zero-order valence-electron chi connectivity index (χ0n) is 9.78. The van der Waals surface area contributed by atoms with Gasteiger partial charge in [0, 0.05) is 0 Å². The highest BCUT2D eigenvalue weighted by atomic mass is 16.4. The Hall–Kier alpha value is -0.790. The van der Waals surface area contributed by atoms with Crippen molar-refractivity contribution in [3.63, 3.8) is 0 Å². The van der Waals surface area contributed by atoms with Crippen LogP contribution in [0.3, 0.4) is 0 Å². The largest absolute Gasteiger partial charge is 0.481 e. The van der Waals surface area contributed by atoms with Crippen LogP contribution in [0.5, 0.6) is 0 Å². The van der Waals surface area contributed by atoms with E-state index in [-0.39, 0.29) is 5.92 Å². The molecule has 0 bridgehead atoms. The summed E-state index contributed by atoms with van der Waals surface area (Å²) in [5, 5.41) is 9.07. The first kappa shape index (κ1) is 12.3. The SMILES string of the molecule is C/C=C/[C@@H](C[C@H]1CCCC[C@@H]1C)C(=O)O. The predicted molar refractivity (Wildman–Crippen MR) is 61.7 cm³/mol. The van der Waals surface area contributed by atoms with Crippen molar-refractivity contribution in [3.8, 4) is 0 Å². The molecule has 0 heterocycles. The quantitative estimate of drug-likeness (QED) is 0.721. The monoisotopic (exact) mass is 210 g/mol. The van der Waals surface area contributed by atoms with Gasteiger partial charge in [0.1, 0.15) is 0 Å². The molecule has 1 N–H and O–H groups in total. The van der Waals surface area contributed by atoms with Gasteiger partial charge in [-0.1, -0.05) is 44.8 Å². The Balaban J connectivity index is 2.52. The van der Waals surface area contributed by atoms with Crippen LogP contribution in [0.15, 0.2) is 12.2 Å². The van der Waals surface area contributed by atoms with Crippen molar-refractivity contribution >= 4 is 5.97 Å². The molecular weight excluding hydrogens is 188 g/mol. The first-order valence-electron chi connectivity index (χ1n) is 6.00. The van der Waals surface area contributed by atoms with E-state index in [2.05, 4.69) is 6.92 Å². The second-order valence-electron chi connectivity index (χ2n) is 4.73. The summed E-state index contributed by atoms with van der Waals surface area (Å²) in [4.78, 5) is 11.0. The maximum atomic E-state index is 11.0. The molecule has 0 spiro atoms. The Kier molecular flexibility index (Phi) is 4.86. The van der Waals surface area contributed by atoms with Crippen LogP contribution in [0.2, 0.25) is 0 Å². The molecule has 0 radical (unpaired) electrons. The molecule has 1 rings (SSSR count). The fourth-order valence-electron chi connectivity index (χ4n) is 2.56. The van der Waals surface area contributed by atoms with Gasteiger partial charge in [-0.25, -0.2) is 0 Å². The van der Waals surface area contributed by atoms with Crippen LogP contribution in [0, 0.1) is 17.8 Å². The molecule has 1 saturated carbocycles. The first-order chi connectivity index (χ1) is 7.15. The highest BCUT2D eigenvalue weighted by Crippen LogP contribution is 2.34. The molecule has 86 valence electrons. The van der Waals surface area contributed by atoms with Gasteiger partial charge in [0.05, 0.1) is 5.92 Å². The summed E-state index contributed by atoms with van der Waals surface area (Å²) in [6.45, 7) is 4.15. The lowest BCUT2D eigenvalue weighted by Crippen LogP contribution is -2.23. The van der Waals surface area contributed by atoms with Gasteiger partial charge in [-0.3, -0.25) is 4.79 Å². The lowest BCUT2D eigenvalue weighted by Gasteiger charge is -2.30. The summed E-state index contributed by atoms with van der Waals surface area (Å²) in [6.07, 6.45) is 9.57. The van der Waals surface area contributed by atoms with Crippen LogP contribution in [0.4, 0.5) is 0 Å². The number of allylic oxidation sites excluding steroid dienone is 1. The number of aliphatic carboxylic acids is 1. The number of carbonyl (C=O) groups is 1. The average Bonchev–Trinajstić information content (AvgIpc) is 2.20. The van der Waals surface area contributed by atoms with Gasteiger partial charge >= 0.3 is 5.97 Å². The number of hydrogen-bond acceptors (Lipinski definition) is 1. The molecule has 0 unspecified atom stereocenters. The number of hydrogen-bond donors (Lipinski definition) is 1. The Labute approximate surface area is 92.4 Å². The molecule has 1 aliphatic carbocycles. The maximum absolute atomic E-state index is 11.0. The Morgan fingerprint density at radius 1 is 1.47 bits per heavy atom. The number of rotatable bonds is 4. The first-order valence-corrected chi connectivity index (χ1v) is 6.00. The summed E-state index contributed by atoms with van der Waals surface area (Å²) in [5.41, 5.74) is 0. The topological polar surface area (TPSA) is 37.3 Å². The van der Waals surface area contributed by atoms with E-state index in [0.29, 0.717) is 11.8 Å². The summed E-state index contributed by atoms with van der Waals surface area (Å²) < 4.78 is 0. The molecular formula is C13H22O2. The summed E-state index contributed by atoms with van der Waals surface area (Å²) in [6, 6.07) is 0. The van der Waals surface area contributed by atoms with E-state index in [1.807, 2.05) is 19.1 Å². The Morgan fingerprint density at radius 3 is 2.67 bits per heavy atom. The molecule has 0 amide bonds. The lowest BCUT2D eigenvalue weighted by molar-refractivity contribution is -0.140. The second kappa shape index (κ2) is 5.94. The maximum Gasteiger partial charge on any atom is 0.310 e. The normalized spacial score (nSPS) is 29.2. The lowest BCUT2D eigenvalue weighted by atomic mass is 9.76. The van der Waals surface area contributed by atoms with Gasteiger partial charge < -0.3 is 5.11 Å². The van der Waals surface area contributed by atoms with E-state index in [0.717, 1.165) is 6.42 Å². The minimum Gasteiger partial charge on any atom is -0.481 e. The van der Waals surface area contributed by atoms with E-state index < -0.39 is 5.97 Å². The van der Waals surface area contributed by atoms with Crippen LogP contribution in [0.1, 0.15) is 46.0 Å². The predicted octanol–water partition coefficient (Wildman–Crippen LogP) is 3.48. The van der Waals surface area contributed by atoms with Gasteiger partial charge in [0.2, 0.25) is 0 Å². The van der Waals surface area contributed by atoms with E-state index in [9.17, 15) is 4.79 Å². The van der Waals surface area contributed by atoms with Crippen molar-refractivity contribution in [2.24, 2.45) is 17.8 Å². The number of carboxylic acids is 1. The summed E-state index contributed by atoms with van der Waals surface area (Å²) in [7, 11) is 0. The molecule has 2 heteroatoms. The molecule has 3 atom stereocenters. The molecule has 0 saturated heterocycles. The van der Waals surface area contributed by atoms with Crippen molar-refractivity contribution in [1.82, 2.24) is 0 Å². The van der Waals surface area contributed by atoms with Gasteiger partial charge in [0.25, 0.3) is 0 Å². The number of carboxylic acid groups (broad SMARTS) is 1. The van der Waals surface area contributed by atoms with Crippen molar-refractivity contribution in [1.29, 1.82) is 0 Å². The van der Waals surface area contributed by atoms with Crippen molar-refractivity contribution in [2.45, 2.75) is 46.0 Å². The molecule has 2 nitrogen and oxygen atoms in total. The third kappa shape index (κ3) is 3.69. The van der Waals surface area contributed by atoms with Gasteiger partial charge in [0.15, 0.2) is 0 Å². The summed E-state index contributed by atoms with van der Waals surface area (Å²) >= 11 is 0. The van der Waals surface area contributed by atoms with E-state index >= 15 is 0 Å². The minimum atomic E-state index is -0.675. The van der Waals surface area contributed by atoms with Crippen molar-refractivity contribution in [3.05, 3.63) is 12.2 Å².